The van der Waals surface area contributed by atoms with Crippen LogP contribution in [0.25, 0.3) is 0 Å². The van der Waals surface area contributed by atoms with E-state index in [1.54, 1.807) is 37.5 Å². The SMILES string of the molecule is C=CCN(c1ccc(OC)cc1)S(=O)(=O)Cc1ccc(C)cc1. The predicted molar refractivity (Wildman–Crippen MR) is 94.3 cm³/mol. The Labute approximate surface area is 138 Å². The van der Waals surface area contributed by atoms with Gasteiger partial charge in [0, 0.05) is 0 Å². The van der Waals surface area contributed by atoms with Crippen LogP contribution in [0.4, 0.5) is 5.69 Å². The number of aryl methyl sites for hydroxylation is 1. The van der Waals surface area contributed by atoms with Crippen molar-refractivity contribution in [2.75, 3.05) is 18.0 Å². The molecule has 23 heavy (non-hydrogen) atoms. The molecule has 0 radical (unpaired) electrons. The summed E-state index contributed by atoms with van der Waals surface area (Å²) >= 11 is 0. The molecule has 122 valence electrons. The number of benzene rings is 2. The summed E-state index contributed by atoms with van der Waals surface area (Å²) in [4.78, 5) is 0. The fourth-order valence-electron chi connectivity index (χ4n) is 2.22. The smallest absolute Gasteiger partial charge is 0.239 e. The second kappa shape index (κ2) is 7.33. The lowest BCUT2D eigenvalue weighted by Crippen LogP contribution is -2.32. The molecule has 0 aromatic heterocycles. The molecule has 0 spiro atoms. The van der Waals surface area contributed by atoms with E-state index in [1.807, 2.05) is 31.2 Å². The average molecular weight is 331 g/mol. The van der Waals surface area contributed by atoms with Crippen molar-refractivity contribution in [3.8, 4) is 5.75 Å². The van der Waals surface area contributed by atoms with Crippen molar-refractivity contribution in [2.24, 2.45) is 0 Å². The number of hydrogen-bond acceptors (Lipinski definition) is 3. The van der Waals surface area contributed by atoms with E-state index in [4.69, 9.17) is 4.74 Å². The molecule has 4 nitrogen and oxygen atoms in total. The van der Waals surface area contributed by atoms with Gasteiger partial charge in [0.25, 0.3) is 0 Å². The minimum atomic E-state index is -3.50. The zero-order valence-electron chi connectivity index (χ0n) is 13.4. The summed E-state index contributed by atoms with van der Waals surface area (Å²) in [6.07, 6.45) is 1.58. The van der Waals surface area contributed by atoms with Gasteiger partial charge >= 0.3 is 0 Å². The highest BCUT2D eigenvalue weighted by atomic mass is 32.2. The van der Waals surface area contributed by atoms with Crippen molar-refractivity contribution in [1.82, 2.24) is 0 Å². The van der Waals surface area contributed by atoms with Gasteiger partial charge in [-0.1, -0.05) is 35.9 Å². The van der Waals surface area contributed by atoms with Gasteiger partial charge in [0.2, 0.25) is 10.0 Å². The first kappa shape index (κ1) is 17.1. The lowest BCUT2D eigenvalue weighted by Gasteiger charge is -2.23. The standard InChI is InChI=1S/C18H21NO3S/c1-4-13-19(17-9-11-18(22-3)12-10-17)23(20,21)14-16-7-5-15(2)6-8-16/h4-12H,1,13-14H2,2-3H3. The van der Waals surface area contributed by atoms with E-state index in [1.165, 1.54) is 4.31 Å². The van der Waals surface area contributed by atoms with E-state index in [0.29, 0.717) is 11.4 Å². The van der Waals surface area contributed by atoms with Crippen molar-refractivity contribution >= 4 is 15.7 Å². The normalized spacial score (nSPS) is 11.0. The molecule has 0 saturated carbocycles. The molecular weight excluding hydrogens is 310 g/mol. The minimum absolute atomic E-state index is 0.0485. The number of rotatable bonds is 7. The maximum Gasteiger partial charge on any atom is 0.239 e. The van der Waals surface area contributed by atoms with E-state index in [0.717, 1.165) is 11.1 Å². The van der Waals surface area contributed by atoms with E-state index in [9.17, 15) is 8.42 Å². The Morgan fingerprint density at radius 3 is 2.22 bits per heavy atom. The van der Waals surface area contributed by atoms with Gasteiger partial charge in [0.15, 0.2) is 0 Å². The first-order valence-electron chi connectivity index (χ1n) is 7.27. The van der Waals surface area contributed by atoms with Crippen LogP contribution < -0.4 is 9.04 Å². The van der Waals surface area contributed by atoms with Gasteiger partial charge in [-0.2, -0.15) is 0 Å². The van der Waals surface area contributed by atoms with Gasteiger partial charge in [0.05, 0.1) is 25.1 Å². The fraction of sp³-hybridized carbons (Fsp3) is 0.222. The summed E-state index contributed by atoms with van der Waals surface area (Å²) in [6, 6.07) is 14.5. The summed E-state index contributed by atoms with van der Waals surface area (Å²) in [5.41, 5.74) is 2.46. The summed E-state index contributed by atoms with van der Waals surface area (Å²) in [5.74, 6) is 0.635. The van der Waals surface area contributed by atoms with Crippen LogP contribution in [0.3, 0.4) is 0 Å². The first-order valence-corrected chi connectivity index (χ1v) is 8.88. The maximum absolute atomic E-state index is 12.8. The van der Waals surface area contributed by atoms with Crippen LogP contribution in [0.2, 0.25) is 0 Å². The Kier molecular flexibility index (Phi) is 5.45. The number of nitrogens with zero attached hydrogens (tertiary/aromatic N) is 1. The van der Waals surface area contributed by atoms with Crippen LogP contribution in [0.15, 0.2) is 61.2 Å². The second-order valence-electron chi connectivity index (χ2n) is 5.26. The Hall–Kier alpha value is -2.27. The molecule has 2 rings (SSSR count). The second-order valence-corrected chi connectivity index (χ2v) is 7.15. The fourth-order valence-corrected chi connectivity index (χ4v) is 3.76. The van der Waals surface area contributed by atoms with Crippen LogP contribution in [-0.4, -0.2) is 22.1 Å². The number of sulfonamides is 1. The number of ether oxygens (including phenoxy) is 1. The summed E-state index contributed by atoms with van der Waals surface area (Å²) in [5, 5.41) is 0. The summed E-state index contributed by atoms with van der Waals surface area (Å²) in [6.45, 7) is 5.86. The van der Waals surface area contributed by atoms with E-state index in [-0.39, 0.29) is 12.3 Å². The summed E-state index contributed by atoms with van der Waals surface area (Å²) < 4.78 is 32.0. The summed E-state index contributed by atoms with van der Waals surface area (Å²) in [7, 11) is -1.93. The molecule has 0 heterocycles. The van der Waals surface area contributed by atoms with Crippen LogP contribution >= 0.6 is 0 Å². The quantitative estimate of drug-likeness (QED) is 0.729. The van der Waals surface area contributed by atoms with Crippen LogP contribution in [0, 0.1) is 6.92 Å². The highest BCUT2D eigenvalue weighted by Crippen LogP contribution is 2.23. The molecule has 0 fully saturated rings. The topological polar surface area (TPSA) is 46.6 Å². The molecular formula is C18H21NO3S. The van der Waals surface area contributed by atoms with Crippen molar-refractivity contribution in [1.29, 1.82) is 0 Å². The van der Waals surface area contributed by atoms with Crippen LogP contribution in [0.1, 0.15) is 11.1 Å². The lowest BCUT2D eigenvalue weighted by atomic mass is 10.2. The third kappa shape index (κ3) is 4.36. The molecule has 0 aliphatic heterocycles. The molecule has 2 aromatic carbocycles. The molecule has 0 amide bonds. The Bertz CT molecular complexity index is 750. The zero-order valence-corrected chi connectivity index (χ0v) is 14.2. The monoisotopic (exact) mass is 331 g/mol. The number of anilines is 1. The molecule has 0 unspecified atom stereocenters. The molecule has 0 aliphatic rings. The molecule has 0 N–H and O–H groups in total. The Balaban J connectivity index is 2.30. The van der Waals surface area contributed by atoms with Crippen LogP contribution in [-0.2, 0) is 15.8 Å². The van der Waals surface area contributed by atoms with Gasteiger partial charge in [-0.25, -0.2) is 8.42 Å². The van der Waals surface area contributed by atoms with Gasteiger partial charge in [-0.05, 0) is 36.8 Å². The van der Waals surface area contributed by atoms with Gasteiger partial charge in [0.1, 0.15) is 5.75 Å². The van der Waals surface area contributed by atoms with Gasteiger partial charge in [-0.15, -0.1) is 6.58 Å². The van der Waals surface area contributed by atoms with Gasteiger partial charge in [-0.3, -0.25) is 4.31 Å². The third-order valence-corrected chi connectivity index (χ3v) is 5.19. The maximum atomic E-state index is 12.8. The largest absolute Gasteiger partial charge is 0.497 e. The predicted octanol–water partition coefficient (Wildman–Crippen LogP) is 3.53. The van der Waals surface area contributed by atoms with Crippen molar-refractivity contribution < 1.29 is 13.2 Å². The number of methoxy groups -OCH3 is 1. The third-order valence-electron chi connectivity index (χ3n) is 3.46. The molecule has 0 atom stereocenters. The zero-order chi connectivity index (χ0) is 16.9. The van der Waals surface area contributed by atoms with Crippen molar-refractivity contribution in [3.63, 3.8) is 0 Å². The highest BCUT2D eigenvalue weighted by Gasteiger charge is 2.22. The van der Waals surface area contributed by atoms with E-state index >= 15 is 0 Å². The van der Waals surface area contributed by atoms with Crippen molar-refractivity contribution in [2.45, 2.75) is 12.7 Å². The Morgan fingerprint density at radius 1 is 1.09 bits per heavy atom. The number of hydrogen-bond donors (Lipinski definition) is 0. The lowest BCUT2D eigenvalue weighted by molar-refractivity contribution is 0.415. The molecule has 0 aliphatic carbocycles. The van der Waals surface area contributed by atoms with Crippen molar-refractivity contribution in [3.05, 3.63) is 72.3 Å². The first-order chi connectivity index (χ1) is 11.0. The molecule has 0 bridgehead atoms. The molecule has 0 saturated heterocycles. The average Bonchev–Trinajstić information content (AvgIpc) is 2.54. The minimum Gasteiger partial charge on any atom is -0.497 e. The molecule has 5 heteroatoms. The Morgan fingerprint density at radius 2 is 1.70 bits per heavy atom. The molecule has 2 aromatic rings. The van der Waals surface area contributed by atoms with E-state index in [2.05, 4.69) is 6.58 Å². The van der Waals surface area contributed by atoms with Crippen LogP contribution in [0.5, 0.6) is 5.75 Å². The van der Waals surface area contributed by atoms with E-state index < -0.39 is 10.0 Å². The van der Waals surface area contributed by atoms with Gasteiger partial charge < -0.3 is 4.74 Å². The highest BCUT2D eigenvalue weighted by molar-refractivity contribution is 7.92.